The minimum Gasteiger partial charge on any atom is -0.449 e. The number of fused-ring (bicyclic) bond motifs is 1. The smallest absolute Gasteiger partial charge is 0.409 e. The van der Waals surface area contributed by atoms with Crippen molar-refractivity contribution < 1.29 is 9.53 Å². The molecule has 1 aliphatic rings. The van der Waals surface area contributed by atoms with Crippen LogP contribution in [-0.2, 0) is 4.74 Å². The summed E-state index contributed by atoms with van der Waals surface area (Å²) in [7, 11) is 0. The van der Waals surface area contributed by atoms with Gasteiger partial charge < -0.3 is 14.5 Å². The third kappa shape index (κ3) is 3.95. The van der Waals surface area contributed by atoms with Gasteiger partial charge in [0.25, 0.3) is 0 Å². The first-order chi connectivity index (χ1) is 12.1. The maximum atomic E-state index is 12.1. The lowest BCUT2D eigenvalue weighted by Gasteiger charge is -2.40. The maximum Gasteiger partial charge on any atom is 0.409 e. The number of halogens is 1. The van der Waals surface area contributed by atoms with Gasteiger partial charge in [0.05, 0.1) is 17.6 Å². The van der Waals surface area contributed by atoms with E-state index in [0.29, 0.717) is 37.2 Å². The number of piperazine rings is 1. The Hall–Kier alpha value is -2.08. The summed E-state index contributed by atoms with van der Waals surface area (Å²) in [5.74, 6) is 0.673. The number of para-hydroxylation sites is 2. The zero-order chi connectivity index (χ0) is 17.8. The van der Waals surface area contributed by atoms with Crippen LogP contribution in [0.5, 0.6) is 0 Å². The second-order valence-electron chi connectivity index (χ2n) is 6.28. The molecule has 25 heavy (non-hydrogen) atoms. The lowest BCUT2D eigenvalue weighted by atomic mass is 10.2. The van der Waals surface area contributed by atoms with Crippen LogP contribution in [0, 0.1) is 0 Å². The Morgan fingerprint density at radius 1 is 1.28 bits per heavy atom. The third-order valence-corrected chi connectivity index (χ3v) is 4.65. The summed E-state index contributed by atoms with van der Waals surface area (Å²) < 4.78 is 5.31. The number of rotatable bonds is 4. The van der Waals surface area contributed by atoms with Gasteiger partial charge in [-0.15, -0.1) is 0 Å². The second-order valence-corrected chi connectivity index (χ2v) is 6.64. The Morgan fingerprint density at radius 3 is 2.68 bits per heavy atom. The number of nitrogens with zero attached hydrogens (tertiary/aromatic N) is 4. The standard InChI is InChI=1S/C18H23ClN4O2/c1-3-4-11-25-18(24)22-9-10-23(13(2)12-22)17-16(19)20-14-7-5-6-8-15(14)21-17/h5-8,13H,3-4,9-12H2,1-2H3. The van der Waals surface area contributed by atoms with E-state index in [0.717, 1.165) is 23.9 Å². The normalized spacial score (nSPS) is 17.8. The molecule has 1 aliphatic heterocycles. The molecule has 2 heterocycles. The first-order valence-corrected chi connectivity index (χ1v) is 9.08. The topological polar surface area (TPSA) is 58.6 Å². The van der Waals surface area contributed by atoms with E-state index in [1.807, 2.05) is 24.3 Å². The first kappa shape index (κ1) is 17.7. The summed E-state index contributed by atoms with van der Waals surface area (Å²) in [6.07, 6.45) is 1.66. The van der Waals surface area contributed by atoms with Crippen molar-refractivity contribution in [1.82, 2.24) is 14.9 Å². The fraction of sp³-hybridized carbons (Fsp3) is 0.500. The van der Waals surface area contributed by atoms with E-state index in [2.05, 4.69) is 28.7 Å². The number of hydrogen-bond acceptors (Lipinski definition) is 5. The molecule has 1 aromatic heterocycles. The van der Waals surface area contributed by atoms with E-state index in [9.17, 15) is 4.79 Å². The van der Waals surface area contributed by atoms with Crippen LogP contribution in [0.3, 0.4) is 0 Å². The van der Waals surface area contributed by atoms with Crippen molar-refractivity contribution >= 4 is 34.5 Å². The SMILES string of the molecule is CCCCOC(=O)N1CCN(c2nc3ccccc3nc2Cl)C(C)C1. The monoisotopic (exact) mass is 362 g/mol. The molecule has 1 unspecified atom stereocenters. The van der Waals surface area contributed by atoms with Crippen LogP contribution < -0.4 is 4.90 Å². The largest absolute Gasteiger partial charge is 0.449 e. The molecule has 1 fully saturated rings. The molecule has 0 radical (unpaired) electrons. The van der Waals surface area contributed by atoms with Crippen molar-refractivity contribution in [2.24, 2.45) is 0 Å². The van der Waals surface area contributed by atoms with Gasteiger partial charge in [0.15, 0.2) is 11.0 Å². The molecule has 1 atom stereocenters. The number of anilines is 1. The number of ether oxygens (including phenoxy) is 1. The Labute approximate surface area is 152 Å². The summed E-state index contributed by atoms with van der Waals surface area (Å²) in [5.41, 5.74) is 1.59. The van der Waals surface area contributed by atoms with Crippen LogP contribution in [0.15, 0.2) is 24.3 Å². The molecular weight excluding hydrogens is 340 g/mol. The van der Waals surface area contributed by atoms with Crippen molar-refractivity contribution in [3.63, 3.8) is 0 Å². The van der Waals surface area contributed by atoms with Gasteiger partial charge in [0.2, 0.25) is 0 Å². The van der Waals surface area contributed by atoms with E-state index in [1.165, 1.54) is 0 Å². The minimum atomic E-state index is -0.240. The number of unbranched alkanes of at least 4 members (excludes halogenated alkanes) is 1. The highest BCUT2D eigenvalue weighted by Gasteiger charge is 2.30. The first-order valence-electron chi connectivity index (χ1n) is 8.70. The molecule has 6 nitrogen and oxygen atoms in total. The highest BCUT2D eigenvalue weighted by atomic mass is 35.5. The molecule has 0 saturated carbocycles. The Morgan fingerprint density at radius 2 is 2.00 bits per heavy atom. The fourth-order valence-corrected chi connectivity index (χ4v) is 3.23. The number of benzene rings is 1. The van der Waals surface area contributed by atoms with E-state index in [4.69, 9.17) is 16.3 Å². The lowest BCUT2D eigenvalue weighted by Crippen LogP contribution is -2.54. The van der Waals surface area contributed by atoms with Crippen LogP contribution >= 0.6 is 11.6 Å². The van der Waals surface area contributed by atoms with Gasteiger partial charge in [0, 0.05) is 25.7 Å². The lowest BCUT2D eigenvalue weighted by molar-refractivity contribution is 0.0944. The zero-order valence-corrected chi connectivity index (χ0v) is 15.4. The van der Waals surface area contributed by atoms with E-state index in [-0.39, 0.29) is 12.1 Å². The summed E-state index contributed by atoms with van der Waals surface area (Å²) in [4.78, 5) is 25.1. The van der Waals surface area contributed by atoms with Crippen molar-refractivity contribution in [3.8, 4) is 0 Å². The molecule has 134 valence electrons. The molecule has 0 spiro atoms. The highest BCUT2D eigenvalue weighted by molar-refractivity contribution is 6.32. The maximum absolute atomic E-state index is 12.1. The summed E-state index contributed by atoms with van der Waals surface area (Å²) in [6.45, 7) is 6.42. The molecular formula is C18H23ClN4O2. The molecule has 1 amide bonds. The van der Waals surface area contributed by atoms with Gasteiger partial charge >= 0.3 is 6.09 Å². The molecule has 0 bridgehead atoms. The van der Waals surface area contributed by atoms with Gasteiger partial charge in [-0.05, 0) is 25.5 Å². The third-order valence-electron chi connectivity index (χ3n) is 4.39. The zero-order valence-electron chi connectivity index (χ0n) is 14.6. The molecule has 1 saturated heterocycles. The van der Waals surface area contributed by atoms with Crippen molar-refractivity contribution in [2.75, 3.05) is 31.1 Å². The van der Waals surface area contributed by atoms with Crippen LogP contribution in [0.25, 0.3) is 11.0 Å². The van der Waals surface area contributed by atoms with Crippen molar-refractivity contribution in [1.29, 1.82) is 0 Å². The van der Waals surface area contributed by atoms with Gasteiger partial charge in [-0.25, -0.2) is 14.8 Å². The molecule has 0 N–H and O–H groups in total. The predicted molar refractivity (Wildman–Crippen MR) is 99.2 cm³/mol. The van der Waals surface area contributed by atoms with Crippen molar-refractivity contribution in [3.05, 3.63) is 29.4 Å². The summed E-state index contributed by atoms with van der Waals surface area (Å²) in [5, 5.41) is 0.393. The van der Waals surface area contributed by atoms with Crippen LogP contribution in [0.1, 0.15) is 26.7 Å². The van der Waals surface area contributed by atoms with E-state index >= 15 is 0 Å². The number of carbonyl (C=O) groups is 1. The average Bonchev–Trinajstić information content (AvgIpc) is 2.61. The summed E-state index contributed by atoms with van der Waals surface area (Å²) in [6, 6.07) is 7.75. The Kier molecular flexibility index (Phi) is 5.58. The van der Waals surface area contributed by atoms with Crippen LogP contribution in [-0.4, -0.2) is 53.2 Å². The molecule has 0 aliphatic carbocycles. The minimum absolute atomic E-state index is 0.0837. The number of carbonyl (C=O) groups excluding carboxylic acids is 1. The molecule has 3 rings (SSSR count). The number of hydrogen-bond donors (Lipinski definition) is 0. The summed E-state index contributed by atoms with van der Waals surface area (Å²) >= 11 is 6.36. The van der Waals surface area contributed by atoms with Crippen LogP contribution in [0.2, 0.25) is 5.15 Å². The van der Waals surface area contributed by atoms with Gasteiger partial charge in [-0.3, -0.25) is 0 Å². The van der Waals surface area contributed by atoms with Gasteiger partial charge in [0.1, 0.15) is 0 Å². The second kappa shape index (κ2) is 7.87. The predicted octanol–water partition coefficient (Wildman–Crippen LogP) is 3.73. The number of amides is 1. The molecule has 1 aromatic carbocycles. The van der Waals surface area contributed by atoms with Gasteiger partial charge in [-0.1, -0.05) is 37.1 Å². The average molecular weight is 363 g/mol. The van der Waals surface area contributed by atoms with Crippen LogP contribution in [0.4, 0.5) is 10.6 Å². The van der Waals surface area contributed by atoms with Crippen molar-refractivity contribution in [2.45, 2.75) is 32.7 Å². The Bertz CT molecular complexity index is 755. The fourth-order valence-electron chi connectivity index (χ4n) is 2.99. The number of aromatic nitrogens is 2. The quantitative estimate of drug-likeness (QED) is 0.775. The van der Waals surface area contributed by atoms with E-state index < -0.39 is 0 Å². The van der Waals surface area contributed by atoms with E-state index in [1.54, 1.807) is 4.90 Å². The highest BCUT2D eigenvalue weighted by Crippen LogP contribution is 2.27. The van der Waals surface area contributed by atoms with Gasteiger partial charge in [-0.2, -0.15) is 0 Å². The Balaban J connectivity index is 1.71. The molecule has 2 aromatic rings. The molecule has 7 heteroatoms.